The zero-order chi connectivity index (χ0) is 106. The molecular weight excluding hydrogens is 1790 g/mol. The smallest absolute Gasteiger partial charge is 0.231 e. The first-order valence-corrected chi connectivity index (χ1v) is 52.5. The highest BCUT2D eigenvalue weighted by atomic mass is 32.1. The topological polar surface area (TPSA) is 157 Å². The molecular formula is C127H178N10O4S2. The fourth-order valence-corrected chi connectivity index (χ4v) is 11.5. The predicted octanol–water partition coefficient (Wildman–Crippen LogP) is 40.3. The summed E-state index contributed by atoms with van der Waals surface area (Å²) in [6.45, 7) is 71.9. The zero-order valence-electron chi connectivity index (χ0n) is 93.0. The highest BCUT2D eigenvalue weighted by Crippen LogP contribution is 2.30. The quantitative estimate of drug-likeness (QED) is 0.135. The first-order valence-electron chi connectivity index (χ1n) is 50.8. The van der Waals surface area contributed by atoms with E-state index < -0.39 is 0 Å². The highest BCUT2D eigenvalue weighted by molar-refractivity contribution is 7.17. The Morgan fingerprint density at radius 2 is 0.503 bits per heavy atom. The SMILES string of the molecule is CC(C)C.CC(C)C.CC(C)C.CC(C)C.CC(C)C.CC(C)C.CC(C)C.CC(C)C.CC(C)C.CC(C)C.CC(C)C.c1ccc2[nH]ccc2c1.c1ccc2[nH]ccc2c1.c1ccc2[nH]ccc2c1.c1ccc2c(c1)OCO2.c1ccc2occc2c1.c1ccc2occc2c1.c1ccc2sccc2c1.c1ccc2sccc2c1.c1ccn2ccnc2c1.c1ccn2ccnc2c1.c1ccn2cnnc2c1. The van der Waals surface area contributed by atoms with E-state index in [0.29, 0.717) is 6.79 Å². The molecule has 0 saturated heterocycles. The number of furan rings is 2. The van der Waals surface area contributed by atoms with E-state index in [0.717, 1.165) is 115 Å². The molecule has 22 rings (SSSR count). The number of nitrogens with one attached hydrogen (secondary N) is 3. The lowest BCUT2D eigenvalue weighted by molar-refractivity contribution is 0.174. The molecule has 143 heavy (non-hydrogen) atoms. The van der Waals surface area contributed by atoms with E-state index in [1.54, 1.807) is 53.9 Å². The van der Waals surface area contributed by atoms with Crippen LogP contribution in [0.1, 0.15) is 228 Å². The van der Waals surface area contributed by atoms with Crippen molar-refractivity contribution >= 4 is 114 Å². The van der Waals surface area contributed by atoms with Crippen LogP contribution in [0.4, 0.5) is 0 Å². The van der Waals surface area contributed by atoms with Crippen LogP contribution in [0.25, 0.3) is 91.8 Å². The molecule has 1 aliphatic heterocycles. The molecule has 0 unspecified atom stereocenters. The van der Waals surface area contributed by atoms with E-state index in [-0.39, 0.29) is 0 Å². The molecule has 0 atom stereocenters. The molecule has 16 heteroatoms. The maximum Gasteiger partial charge on any atom is 0.231 e. The fraction of sp³-hybridized carbons (Fsp3) is 0.354. The number of benzene rings is 8. The first kappa shape index (κ1) is 128. The molecule has 0 bridgehead atoms. The van der Waals surface area contributed by atoms with E-state index in [2.05, 4.69) is 390 Å². The average molecular weight is 1970 g/mol. The lowest BCUT2D eigenvalue weighted by Crippen LogP contribution is -1.92. The van der Waals surface area contributed by atoms with Gasteiger partial charge in [-0.15, -0.1) is 32.9 Å². The van der Waals surface area contributed by atoms with Crippen LogP contribution >= 0.6 is 22.7 Å². The summed E-state index contributed by atoms with van der Waals surface area (Å²) in [4.78, 5) is 17.5. The van der Waals surface area contributed by atoms with Gasteiger partial charge in [0.2, 0.25) is 6.79 Å². The maximum absolute atomic E-state index is 5.12. The monoisotopic (exact) mass is 1970 g/mol. The van der Waals surface area contributed by atoms with Crippen LogP contribution in [0.2, 0.25) is 0 Å². The number of aromatic amines is 3. The summed E-state index contributed by atoms with van der Waals surface area (Å²) in [6, 6.07) is 97.0. The molecule has 772 valence electrons. The number of para-hydroxylation sites is 7. The summed E-state index contributed by atoms with van der Waals surface area (Å²) in [7, 11) is 0. The van der Waals surface area contributed by atoms with Crippen LogP contribution in [-0.4, -0.2) is 55.1 Å². The van der Waals surface area contributed by atoms with Crippen LogP contribution in [0.15, 0.2) is 392 Å². The van der Waals surface area contributed by atoms with Gasteiger partial charge < -0.3 is 42.1 Å². The van der Waals surface area contributed by atoms with Crippen LogP contribution in [0.5, 0.6) is 11.5 Å². The minimum absolute atomic E-state index is 0.360. The number of hydrogen-bond acceptors (Lipinski definition) is 10. The Bertz CT molecular complexity index is 4870. The molecule has 0 spiro atoms. The van der Waals surface area contributed by atoms with Crippen molar-refractivity contribution in [1.29, 1.82) is 0 Å². The second-order valence-corrected chi connectivity index (χ2v) is 42.4. The predicted molar refractivity (Wildman–Crippen MR) is 633 cm³/mol. The number of ether oxygens (including phenoxy) is 2. The number of rotatable bonds is 0. The number of H-pyrrole nitrogens is 3. The van der Waals surface area contributed by atoms with Crippen molar-refractivity contribution < 1.29 is 18.3 Å². The zero-order valence-corrected chi connectivity index (χ0v) is 94.6. The van der Waals surface area contributed by atoms with Gasteiger partial charge in [-0.05, 0) is 236 Å². The maximum atomic E-state index is 5.12. The van der Waals surface area contributed by atoms with Gasteiger partial charge in [-0.3, -0.25) is 4.40 Å². The Morgan fingerprint density at radius 1 is 0.245 bits per heavy atom. The average Bonchev–Trinajstić information content (AvgIpc) is 1.83. The fourth-order valence-electron chi connectivity index (χ4n) is 9.95. The van der Waals surface area contributed by atoms with Gasteiger partial charge in [-0.1, -0.05) is 386 Å². The number of imidazole rings is 2. The minimum Gasteiger partial charge on any atom is -0.464 e. The van der Waals surface area contributed by atoms with E-state index in [4.69, 9.17) is 18.3 Å². The highest BCUT2D eigenvalue weighted by Gasteiger charge is 2.10. The van der Waals surface area contributed by atoms with Gasteiger partial charge in [0.1, 0.15) is 28.8 Å². The van der Waals surface area contributed by atoms with E-state index in [1.807, 2.05) is 239 Å². The van der Waals surface area contributed by atoms with Crippen molar-refractivity contribution in [2.75, 3.05) is 6.79 Å². The van der Waals surface area contributed by atoms with Crippen LogP contribution in [-0.2, 0) is 0 Å². The van der Waals surface area contributed by atoms with Crippen molar-refractivity contribution in [2.45, 2.75) is 228 Å². The second kappa shape index (κ2) is 79.5. The number of fused-ring (bicyclic) bond motifs is 11. The number of aromatic nitrogens is 10. The van der Waals surface area contributed by atoms with Gasteiger partial charge in [-0.25, -0.2) is 9.97 Å². The van der Waals surface area contributed by atoms with Crippen molar-refractivity contribution in [3.8, 4) is 11.5 Å². The van der Waals surface area contributed by atoms with Gasteiger partial charge in [0.15, 0.2) is 17.1 Å². The summed E-state index contributed by atoms with van der Waals surface area (Å²) in [5.74, 6) is 10.9. The summed E-state index contributed by atoms with van der Waals surface area (Å²) in [6.07, 6.45) is 24.2. The largest absolute Gasteiger partial charge is 0.464 e. The molecule has 0 radical (unpaired) electrons. The molecule has 8 aromatic carbocycles. The molecule has 14 heterocycles. The normalized spacial score (nSPS) is 10.1. The van der Waals surface area contributed by atoms with Gasteiger partial charge in [0.25, 0.3) is 0 Å². The molecule has 0 amide bonds. The number of nitrogens with zero attached hydrogens (tertiary/aromatic N) is 7. The lowest BCUT2D eigenvalue weighted by Gasteiger charge is -1.89. The summed E-state index contributed by atoms with van der Waals surface area (Å²) in [5.41, 5.74) is 8.41. The molecule has 13 aromatic heterocycles. The van der Waals surface area contributed by atoms with Crippen molar-refractivity contribution in [1.82, 2.24) is 48.3 Å². The van der Waals surface area contributed by atoms with Crippen molar-refractivity contribution in [3.63, 3.8) is 0 Å². The van der Waals surface area contributed by atoms with Gasteiger partial charge in [-0.2, -0.15) is 0 Å². The lowest BCUT2D eigenvalue weighted by atomic mass is 10.3. The van der Waals surface area contributed by atoms with Crippen LogP contribution in [0, 0.1) is 65.1 Å². The third kappa shape index (κ3) is 68.7. The van der Waals surface area contributed by atoms with E-state index in [9.17, 15) is 0 Å². The Kier molecular flexibility index (Phi) is 71.2. The van der Waals surface area contributed by atoms with Crippen LogP contribution < -0.4 is 9.47 Å². The van der Waals surface area contributed by atoms with Crippen LogP contribution in [0.3, 0.4) is 0 Å². The number of thiophene rings is 2. The summed E-state index contributed by atoms with van der Waals surface area (Å²) in [5, 5.41) is 20.6. The second-order valence-electron chi connectivity index (χ2n) is 40.5. The Morgan fingerprint density at radius 3 is 0.790 bits per heavy atom. The Balaban J connectivity index is 0.000000757. The molecule has 3 N–H and O–H groups in total. The van der Waals surface area contributed by atoms with Crippen molar-refractivity contribution in [3.05, 3.63) is 383 Å². The van der Waals surface area contributed by atoms with Gasteiger partial charge in [0, 0.05) is 98.7 Å². The molecule has 21 aromatic rings. The van der Waals surface area contributed by atoms with Gasteiger partial charge in [0.05, 0.1) is 12.5 Å². The summed E-state index contributed by atoms with van der Waals surface area (Å²) >= 11 is 3.57. The van der Waals surface area contributed by atoms with Gasteiger partial charge >= 0.3 is 0 Å². The molecule has 1 aliphatic rings. The number of hydrogen-bond donors (Lipinski definition) is 3. The Labute approximate surface area is 869 Å². The molecule has 0 fully saturated rings. The third-order valence-corrected chi connectivity index (χ3v) is 16.7. The standard InChI is InChI=1S/3C8H7N.2C8H6O.2C8H6S.2C7H6N2.C7H6O2.C6H5N3.11C4H10/c7*1-2-4-8-7(3-1)5-6-9-8;2*1-2-5-9-6-4-8-7(9)3-1;1-2-4-7-6(3-1)8-5-9-7;1-2-4-9-5-7-8-6(9)3-1;11*1-4(2)3/h3*1-6,9H;6*1-6H;1-4H,5H2;1-5H;11*4H,1-3H3. The minimum atomic E-state index is 0.360. The molecule has 14 nitrogen and oxygen atoms in total. The van der Waals surface area contributed by atoms with E-state index in [1.165, 1.54) is 52.9 Å². The molecule has 0 aliphatic carbocycles. The summed E-state index contributed by atoms with van der Waals surface area (Å²) < 4.78 is 28.9. The first-order chi connectivity index (χ1) is 68.2. The number of pyridine rings is 3. The Hall–Kier alpha value is -13.0. The van der Waals surface area contributed by atoms with E-state index >= 15 is 0 Å². The molecule has 0 saturated carbocycles. The third-order valence-electron chi connectivity index (χ3n) is 14.9. The van der Waals surface area contributed by atoms with Crippen molar-refractivity contribution in [2.24, 2.45) is 65.1 Å².